The number of halogens is 1. The topological polar surface area (TPSA) is 46.5 Å². The maximum absolute atomic E-state index is 11.5. The quantitative estimate of drug-likeness (QED) is 0.552. The fourth-order valence-corrected chi connectivity index (χ4v) is 1.24. The molecular formula is C10H19ClO3. The highest BCUT2D eigenvalue weighted by Crippen LogP contribution is 2.25. The third kappa shape index (κ3) is 3.84. The van der Waals surface area contributed by atoms with Crippen molar-refractivity contribution in [3.8, 4) is 0 Å². The molecule has 0 amide bonds. The summed E-state index contributed by atoms with van der Waals surface area (Å²) >= 11 is 5.51. The molecule has 1 N–H and O–H groups in total. The molecule has 0 heterocycles. The van der Waals surface area contributed by atoms with Crippen LogP contribution in [0, 0.1) is 5.41 Å². The lowest BCUT2D eigenvalue weighted by molar-refractivity contribution is -0.160. The number of esters is 1. The van der Waals surface area contributed by atoms with Crippen LogP contribution in [0.5, 0.6) is 0 Å². The predicted molar refractivity (Wildman–Crippen MR) is 56.4 cm³/mol. The SMILES string of the molecule is CCOC(=O)C(C)(C)C(O)CCCCl. The largest absolute Gasteiger partial charge is 0.466 e. The van der Waals surface area contributed by atoms with E-state index in [1.165, 1.54) is 0 Å². The van der Waals surface area contributed by atoms with Crippen LogP contribution in [-0.4, -0.2) is 29.7 Å². The van der Waals surface area contributed by atoms with Crippen LogP contribution in [0.2, 0.25) is 0 Å². The molecule has 0 aliphatic rings. The average molecular weight is 223 g/mol. The van der Waals surface area contributed by atoms with E-state index in [0.717, 1.165) is 0 Å². The number of rotatable bonds is 6. The van der Waals surface area contributed by atoms with Crippen molar-refractivity contribution in [2.75, 3.05) is 12.5 Å². The van der Waals surface area contributed by atoms with E-state index in [9.17, 15) is 9.90 Å². The lowest BCUT2D eigenvalue weighted by Crippen LogP contribution is -2.38. The van der Waals surface area contributed by atoms with Crippen LogP contribution in [-0.2, 0) is 9.53 Å². The summed E-state index contributed by atoms with van der Waals surface area (Å²) < 4.78 is 4.88. The van der Waals surface area contributed by atoms with E-state index in [-0.39, 0.29) is 5.97 Å². The monoisotopic (exact) mass is 222 g/mol. The van der Waals surface area contributed by atoms with Crippen molar-refractivity contribution in [2.24, 2.45) is 5.41 Å². The number of alkyl halides is 1. The van der Waals surface area contributed by atoms with Gasteiger partial charge in [-0.05, 0) is 33.6 Å². The number of carbonyl (C=O) groups is 1. The van der Waals surface area contributed by atoms with Gasteiger partial charge in [-0.15, -0.1) is 11.6 Å². The Morgan fingerprint density at radius 2 is 2.14 bits per heavy atom. The molecule has 0 saturated heterocycles. The van der Waals surface area contributed by atoms with E-state index >= 15 is 0 Å². The van der Waals surface area contributed by atoms with Crippen LogP contribution in [0.4, 0.5) is 0 Å². The van der Waals surface area contributed by atoms with Crippen molar-refractivity contribution in [2.45, 2.75) is 39.7 Å². The minimum atomic E-state index is -0.845. The van der Waals surface area contributed by atoms with E-state index < -0.39 is 11.5 Å². The molecule has 1 unspecified atom stereocenters. The Morgan fingerprint density at radius 1 is 1.57 bits per heavy atom. The number of aliphatic hydroxyl groups is 1. The lowest BCUT2D eigenvalue weighted by atomic mass is 9.84. The molecule has 14 heavy (non-hydrogen) atoms. The normalized spacial score (nSPS) is 13.8. The fourth-order valence-electron chi connectivity index (χ4n) is 1.08. The molecule has 0 saturated carbocycles. The van der Waals surface area contributed by atoms with Gasteiger partial charge in [-0.1, -0.05) is 0 Å². The summed E-state index contributed by atoms with van der Waals surface area (Å²) in [6.45, 7) is 5.46. The molecule has 0 aliphatic carbocycles. The number of hydrogen-bond acceptors (Lipinski definition) is 3. The van der Waals surface area contributed by atoms with E-state index in [4.69, 9.17) is 16.3 Å². The van der Waals surface area contributed by atoms with Crippen molar-refractivity contribution in [3.05, 3.63) is 0 Å². The molecule has 0 aliphatic heterocycles. The predicted octanol–water partition coefficient (Wildman–Crippen LogP) is 1.96. The maximum atomic E-state index is 11.5. The van der Waals surface area contributed by atoms with Gasteiger partial charge in [-0.3, -0.25) is 4.79 Å². The van der Waals surface area contributed by atoms with E-state index in [2.05, 4.69) is 0 Å². The van der Waals surface area contributed by atoms with Crippen LogP contribution < -0.4 is 0 Å². The fraction of sp³-hybridized carbons (Fsp3) is 0.900. The lowest BCUT2D eigenvalue weighted by Gasteiger charge is -2.27. The van der Waals surface area contributed by atoms with Gasteiger partial charge < -0.3 is 9.84 Å². The highest BCUT2D eigenvalue weighted by atomic mass is 35.5. The van der Waals surface area contributed by atoms with Crippen LogP contribution in [0.3, 0.4) is 0 Å². The first-order chi connectivity index (χ1) is 6.46. The summed E-state index contributed by atoms with van der Waals surface area (Å²) in [5.41, 5.74) is -0.845. The second-order valence-electron chi connectivity index (χ2n) is 3.79. The number of aliphatic hydroxyl groups excluding tert-OH is 1. The van der Waals surface area contributed by atoms with Gasteiger partial charge in [0.05, 0.1) is 18.1 Å². The van der Waals surface area contributed by atoms with Gasteiger partial charge >= 0.3 is 5.97 Å². The van der Waals surface area contributed by atoms with Gasteiger partial charge in [0.25, 0.3) is 0 Å². The number of carbonyl (C=O) groups excluding carboxylic acids is 1. The van der Waals surface area contributed by atoms with Gasteiger partial charge in [0.1, 0.15) is 0 Å². The Kier molecular flexibility index (Phi) is 6.12. The highest BCUT2D eigenvalue weighted by molar-refractivity contribution is 6.17. The summed E-state index contributed by atoms with van der Waals surface area (Å²) in [5, 5.41) is 9.75. The first kappa shape index (κ1) is 13.7. The Bertz CT molecular complexity index is 180. The molecule has 0 bridgehead atoms. The van der Waals surface area contributed by atoms with Gasteiger partial charge in [0.15, 0.2) is 0 Å². The van der Waals surface area contributed by atoms with Gasteiger partial charge in [0.2, 0.25) is 0 Å². The maximum Gasteiger partial charge on any atom is 0.314 e. The van der Waals surface area contributed by atoms with Crippen LogP contribution in [0.15, 0.2) is 0 Å². The minimum Gasteiger partial charge on any atom is -0.466 e. The molecule has 0 radical (unpaired) electrons. The van der Waals surface area contributed by atoms with Crippen LogP contribution in [0.1, 0.15) is 33.6 Å². The van der Waals surface area contributed by atoms with E-state index in [1.54, 1.807) is 20.8 Å². The Hall–Kier alpha value is -0.280. The smallest absolute Gasteiger partial charge is 0.314 e. The second kappa shape index (κ2) is 6.25. The van der Waals surface area contributed by atoms with Crippen LogP contribution in [0.25, 0.3) is 0 Å². The standard InChI is InChI=1S/C10H19ClO3/c1-4-14-9(13)10(2,3)8(12)6-5-7-11/h8,12H,4-7H2,1-3H3. The van der Waals surface area contributed by atoms with Crippen molar-refractivity contribution < 1.29 is 14.6 Å². The molecule has 3 nitrogen and oxygen atoms in total. The van der Waals surface area contributed by atoms with Gasteiger partial charge in [-0.2, -0.15) is 0 Å². The van der Waals surface area contributed by atoms with Gasteiger partial charge in [-0.25, -0.2) is 0 Å². The summed E-state index contributed by atoms with van der Waals surface area (Å²) in [6.07, 6.45) is 0.529. The Morgan fingerprint density at radius 3 is 2.57 bits per heavy atom. The first-order valence-corrected chi connectivity index (χ1v) is 5.41. The van der Waals surface area contributed by atoms with Crippen molar-refractivity contribution in [1.82, 2.24) is 0 Å². The van der Waals surface area contributed by atoms with E-state index in [1.807, 2.05) is 0 Å². The molecule has 0 aromatic heterocycles. The van der Waals surface area contributed by atoms with Crippen molar-refractivity contribution >= 4 is 17.6 Å². The molecule has 0 spiro atoms. The number of hydrogen-bond donors (Lipinski definition) is 1. The molecule has 84 valence electrons. The number of ether oxygens (including phenoxy) is 1. The molecule has 1 atom stereocenters. The summed E-state index contributed by atoms with van der Waals surface area (Å²) in [7, 11) is 0. The zero-order valence-corrected chi connectivity index (χ0v) is 9.80. The molecule has 0 rings (SSSR count). The molecule has 0 aromatic carbocycles. The Balaban J connectivity index is 4.20. The molecule has 0 aromatic rings. The second-order valence-corrected chi connectivity index (χ2v) is 4.17. The highest BCUT2D eigenvalue weighted by Gasteiger charge is 2.36. The molecule has 0 fully saturated rings. The summed E-state index contributed by atoms with van der Waals surface area (Å²) in [5.74, 6) is 0.137. The summed E-state index contributed by atoms with van der Waals surface area (Å²) in [6, 6.07) is 0. The first-order valence-electron chi connectivity index (χ1n) is 4.88. The van der Waals surface area contributed by atoms with Crippen molar-refractivity contribution in [3.63, 3.8) is 0 Å². The average Bonchev–Trinajstić information content (AvgIpc) is 2.14. The van der Waals surface area contributed by atoms with Crippen LogP contribution >= 0.6 is 11.6 Å². The third-order valence-electron chi connectivity index (χ3n) is 2.25. The molecular weight excluding hydrogens is 204 g/mol. The zero-order chi connectivity index (χ0) is 11.2. The zero-order valence-electron chi connectivity index (χ0n) is 9.05. The van der Waals surface area contributed by atoms with E-state index in [0.29, 0.717) is 25.3 Å². The van der Waals surface area contributed by atoms with Gasteiger partial charge in [0, 0.05) is 5.88 Å². The Labute approximate surface area is 90.4 Å². The summed E-state index contributed by atoms with van der Waals surface area (Å²) in [4.78, 5) is 11.5. The minimum absolute atomic E-state index is 0.338. The molecule has 4 heteroatoms. The van der Waals surface area contributed by atoms with Crippen molar-refractivity contribution in [1.29, 1.82) is 0 Å². The third-order valence-corrected chi connectivity index (χ3v) is 2.51.